The molecule has 1 rings (SSSR count). The molecule has 16 heavy (non-hydrogen) atoms. The van der Waals surface area contributed by atoms with E-state index in [-0.39, 0.29) is 11.4 Å². The number of alkyl halides is 1. The van der Waals surface area contributed by atoms with Gasteiger partial charge in [-0.05, 0) is 31.5 Å². The minimum atomic E-state index is -0.371. The quantitative estimate of drug-likeness (QED) is 0.848. The van der Waals surface area contributed by atoms with Gasteiger partial charge in [0, 0.05) is 16.8 Å². The summed E-state index contributed by atoms with van der Waals surface area (Å²) < 4.78 is 1.03. The maximum atomic E-state index is 11.5. The Bertz CT molecular complexity index is 362. The van der Waals surface area contributed by atoms with Crippen molar-refractivity contribution in [3.05, 3.63) is 34.3 Å². The first-order valence-corrected chi connectivity index (χ1v) is 6.41. The number of carbonyl (C=O) groups is 1. The highest BCUT2D eigenvalue weighted by Crippen LogP contribution is 2.22. The van der Waals surface area contributed by atoms with E-state index in [1.165, 1.54) is 0 Å². The summed E-state index contributed by atoms with van der Waals surface area (Å²) in [7, 11) is 0. The Kier molecular flexibility index (Phi) is 4.81. The number of nitrogens with one attached hydrogen (secondary N) is 1. The smallest absolute Gasteiger partial charge is 0.221 e. The lowest BCUT2D eigenvalue weighted by Crippen LogP contribution is -2.41. The summed E-state index contributed by atoms with van der Waals surface area (Å²) >= 11 is 8.91. The van der Waals surface area contributed by atoms with Crippen molar-refractivity contribution in [2.24, 2.45) is 0 Å². The highest BCUT2D eigenvalue weighted by atomic mass is 79.9. The van der Waals surface area contributed by atoms with Crippen molar-refractivity contribution in [2.45, 2.75) is 25.8 Å². The predicted octanol–water partition coefficient (Wildman–Crippen LogP) is 3.43. The van der Waals surface area contributed by atoms with E-state index in [1.807, 2.05) is 38.1 Å². The molecule has 0 atom stereocenters. The van der Waals surface area contributed by atoms with Crippen LogP contribution in [0.4, 0.5) is 0 Å². The summed E-state index contributed by atoms with van der Waals surface area (Å²) in [6.45, 7) is 3.95. The van der Waals surface area contributed by atoms with Crippen molar-refractivity contribution in [2.75, 3.05) is 5.88 Å². The highest BCUT2D eigenvalue weighted by molar-refractivity contribution is 9.10. The van der Waals surface area contributed by atoms with Crippen molar-refractivity contribution in [3.63, 3.8) is 0 Å². The van der Waals surface area contributed by atoms with Gasteiger partial charge in [0.2, 0.25) is 5.91 Å². The van der Waals surface area contributed by atoms with Crippen LogP contribution in [-0.4, -0.2) is 11.8 Å². The molecule has 1 aromatic rings. The molecule has 0 unspecified atom stereocenters. The van der Waals surface area contributed by atoms with Gasteiger partial charge in [0.25, 0.3) is 0 Å². The minimum Gasteiger partial charge on any atom is -0.347 e. The molecule has 0 spiro atoms. The normalized spacial score (nSPS) is 11.2. The van der Waals surface area contributed by atoms with Crippen LogP contribution >= 0.6 is 27.5 Å². The minimum absolute atomic E-state index is 0.0251. The standard InChI is InChI=1S/C12H15BrClNO/c1-12(2,15-11(16)7-8-14)9-3-5-10(13)6-4-9/h3-6H,7-8H2,1-2H3,(H,15,16). The summed E-state index contributed by atoms with van der Waals surface area (Å²) in [4.78, 5) is 11.5. The lowest BCUT2D eigenvalue weighted by molar-refractivity contribution is -0.122. The molecule has 0 heterocycles. The summed E-state index contributed by atoms with van der Waals surface area (Å²) in [5.41, 5.74) is 0.697. The van der Waals surface area contributed by atoms with Crippen LogP contribution in [0.1, 0.15) is 25.8 Å². The number of amides is 1. The Hall–Kier alpha value is -0.540. The number of hydrogen-bond donors (Lipinski definition) is 1. The second kappa shape index (κ2) is 5.69. The average molecular weight is 305 g/mol. The van der Waals surface area contributed by atoms with Crippen LogP contribution in [0, 0.1) is 0 Å². The molecule has 0 radical (unpaired) electrons. The van der Waals surface area contributed by atoms with Gasteiger partial charge in [-0.15, -0.1) is 11.6 Å². The Morgan fingerprint density at radius 2 is 1.94 bits per heavy atom. The number of rotatable bonds is 4. The largest absolute Gasteiger partial charge is 0.347 e. The molecule has 0 aliphatic rings. The van der Waals surface area contributed by atoms with E-state index < -0.39 is 0 Å². The van der Waals surface area contributed by atoms with Crippen LogP contribution in [0.5, 0.6) is 0 Å². The fourth-order valence-electron chi connectivity index (χ4n) is 1.44. The molecule has 0 aliphatic carbocycles. The molecule has 0 saturated heterocycles. The lowest BCUT2D eigenvalue weighted by Gasteiger charge is -2.27. The van der Waals surface area contributed by atoms with Crippen LogP contribution in [0.25, 0.3) is 0 Å². The summed E-state index contributed by atoms with van der Waals surface area (Å²) in [6.07, 6.45) is 0.349. The van der Waals surface area contributed by atoms with Crippen LogP contribution in [0.2, 0.25) is 0 Å². The van der Waals surface area contributed by atoms with E-state index in [9.17, 15) is 4.79 Å². The third-order valence-electron chi connectivity index (χ3n) is 2.34. The first-order chi connectivity index (χ1) is 7.45. The highest BCUT2D eigenvalue weighted by Gasteiger charge is 2.22. The Balaban J connectivity index is 2.76. The number of carbonyl (C=O) groups excluding carboxylic acids is 1. The molecule has 0 aromatic heterocycles. The summed E-state index contributed by atoms with van der Waals surface area (Å²) in [5, 5.41) is 2.95. The van der Waals surface area contributed by atoms with Gasteiger partial charge in [-0.2, -0.15) is 0 Å². The third-order valence-corrected chi connectivity index (χ3v) is 3.06. The number of halogens is 2. The molecular formula is C12H15BrClNO. The molecule has 1 N–H and O–H groups in total. The molecule has 2 nitrogen and oxygen atoms in total. The number of benzene rings is 1. The molecule has 0 bridgehead atoms. The van der Waals surface area contributed by atoms with Gasteiger partial charge < -0.3 is 5.32 Å². The zero-order valence-corrected chi connectivity index (χ0v) is 11.7. The van der Waals surface area contributed by atoms with Crippen molar-refractivity contribution < 1.29 is 4.79 Å². The maximum Gasteiger partial charge on any atom is 0.221 e. The molecule has 4 heteroatoms. The third kappa shape index (κ3) is 3.80. The van der Waals surface area contributed by atoms with Crippen LogP contribution in [0.3, 0.4) is 0 Å². The molecular weight excluding hydrogens is 289 g/mol. The fourth-order valence-corrected chi connectivity index (χ4v) is 1.87. The fraction of sp³-hybridized carbons (Fsp3) is 0.417. The zero-order chi connectivity index (χ0) is 12.2. The van der Waals surface area contributed by atoms with E-state index in [2.05, 4.69) is 21.2 Å². The zero-order valence-electron chi connectivity index (χ0n) is 9.39. The monoisotopic (exact) mass is 303 g/mol. The first-order valence-electron chi connectivity index (χ1n) is 5.09. The summed E-state index contributed by atoms with van der Waals surface area (Å²) in [5.74, 6) is 0.324. The summed E-state index contributed by atoms with van der Waals surface area (Å²) in [6, 6.07) is 7.91. The maximum absolute atomic E-state index is 11.5. The van der Waals surface area contributed by atoms with Crippen LogP contribution in [0.15, 0.2) is 28.7 Å². The van der Waals surface area contributed by atoms with Gasteiger partial charge in [-0.25, -0.2) is 0 Å². The van der Waals surface area contributed by atoms with E-state index in [1.54, 1.807) is 0 Å². The molecule has 88 valence electrons. The molecule has 0 saturated carbocycles. The topological polar surface area (TPSA) is 29.1 Å². The van der Waals surface area contributed by atoms with E-state index >= 15 is 0 Å². The molecule has 0 aliphatic heterocycles. The Morgan fingerprint density at radius 1 is 1.38 bits per heavy atom. The van der Waals surface area contributed by atoms with Gasteiger partial charge >= 0.3 is 0 Å². The average Bonchev–Trinajstić information content (AvgIpc) is 2.17. The molecule has 1 amide bonds. The Labute approximate surface area is 110 Å². The van der Waals surface area contributed by atoms with Crippen LogP contribution < -0.4 is 5.32 Å². The Morgan fingerprint density at radius 3 is 2.44 bits per heavy atom. The predicted molar refractivity (Wildman–Crippen MR) is 70.6 cm³/mol. The van der Waals surface area contributed by atoms with Crippen LogP contribution in [-0.2, 0) is 10.3 Å². The van der Waals surface area contributed by atoms with Gasteiger partial charge in [0.1, 0.15) is 0 Å². The SMILES string of the molecule is CC(C)(NC(=O)CCCl)c1ccc(Br)cc1. The second-order valence-corrected chi connectivity index (χ2v) is 5.41. The number of hydrogen-bond acceptors (Lipinski definition) is 1. The second-order valence-electron chi connectivity index (χ2n) is 4.12. The van der Waals surface area contributed by atoms with Crippen molar-refractivity contribution >= 4 is 33.4 Å². The van der Waals surface area contributed by atoms with Gasteiger partial charge in [0.05, 0.1) is 5.54 Å². The van der Waals surface area contributed by atoms with E-state index in [0.717, 1.165) is 10.0 Å². The van der Waals surface area contributed by atoms with Crippen molar-refractivity contribution in [3.8, 4) is 0 Å². The molecule has 1 aromatic carbocycles. The van der Waals surface area contributed by atoms with Crippen molar-refractivity contribution in [1.82, 2.24) is 5.32 Å². The van der Waals surface area contributed by atoms with E-state index in [4.69, 9.17) is 11.6 Å². The van der Waals surface area contributed by atoms with Gasteiger partial charge in [-0.3, -0.25) is 4.79 Å². The first kappa shape index (κ1) is 13.5. The lowest BCUT2D eigenvalue weighted by atomic mass is 9.94. The van der Waals surface area contributed by atoms with Gasteiger partial charge in [0.15, 0.2) is 0 Å². The van der Waals surface area contributed by atoms with E-state index in [0.29, 0.717) is 12.3 Å². The van der Waals surface area contributed by atoms with Crippen molar-refractivity contribution in [1.29, 1.82) is 0 Å². The molecule has 0 fully saturated rings. The van der Waals surface area contributed by atoms with Gasteiger partial charge in [-0.1, -0.05) is 28.1 Å².